The fourth-order valence-electron chi connectivity index (χ4n) is 1.91. The van der Waals surface area contributed by atoms with E-state index in [9.17, 15) is 8.42 Å². The number of nitrogens with two attached hydrogens (primary N) is 1. The second kappa shape index (κ2) is 9.30. The van der Waals surface area contributed by atoms with Crippen molar-refractivity contribution < 1.29 is 12.9 Å². The Hall–Kier alpha value is -0.880. The van der Waals surface area contributed by atoms with Gasteiger partial charge in [0.25, 0.3) is 0 Å². The molecule has 22 heavy (non-hydrogen) atoms. The van der Waals surface area contributed by atoms with Crippen LogP contribution in [-0.4, -0.2) is 39.2 Å². The predicted molar refractivity (Wildman–Crippen MR) is 94.4 cm³/mol. The first-order valence-corrected chi connectivity index (χ1v) is 8.61. The summed E-state index contributed by atoms with van der Waals surface area (Å²) in [6, 6.07) is 1.52. The first-order chi connectivity index (χ1) is 10.1. The standard InChI is InChI=1S/C12H21N5O3S.HI/c13-12(15-8-10-2-1-3-10)14-5-6-16-21(18,19)9-11-4-7-20-17-11;/h4,7,10,16H,1-3,5-6,8-9H2,(H3,13,14,15);1H. The van der Waals surface area contributed by atoms with Crippen molar-refractivity contribution in [2.45, 2.75) is 25.0 Å². The van der Waals surface area contributed by atoms with E-state index in [1.807, 2.05) is 0 Å². The summed E-state index contributed by atoms with van der Waals surface area (Å²) in [6.45, 7) is 1.37. The molecule has 0 unspecified atom stereocenters. The van der Waals surface area contributed by atoms with Gasteiger partial charge < -0.3 is 15.6 Å². The normalized spacial score (nSPS) is 15.9. The van der Waals surface area contributed by atoms with Crippen LogP contribution in [0.3, 0.4) is 0 Å². The number of sulfonamides is 1. The Balaban J connectivity index is 0.00000242. The Labute approximate surface area is 147 Å². The van der Waals surface area contributed by atoms with Crippen molar-refractivity contribution >= 4 is 40.0 Å². The molecule has 1 aliphatic carbocycles. The minimum Gasteiger partial charge on any atom is -0.370 e. The van der Waals surface area contributed by atoms with Gasteiger partial charge in [-0.1, -0.05) is 11.6 Å². The van der Waals surface area contributed by atoms with E-state index in [2.05, 4.69) is 24.7 Å². The Morgan fingerprint density at radius 2 is 2.23 bits per heavy atom. The van der Waals surface area contributed by atoms with Crippen LogP contribution >= 0.6 is 24.0 Å². The van der Waals surface area contributed by atoms with Crippen molar-refractivity contribution in [3.63, 3.8) is 0 Å². The zero-order valence-electron chi connectivity index (χ0n) is 12.2. The number of rotatable bonds is 8. The topological polar surface area (TPSA) is 123 Å². The summed E-state index contributed by atoms with van der Waals surface area (Å²) < 4.78 is 30.5. The van der Waals surface area contributed by atoms with Gasteiger partial charge in [-0.2, -0.15) is 0 Å². The quantitative estimate of drug-likeness (QED) is 0.232. The monoisotopic (exact) mass is 443 g/mol. The molecule has 2 rings (SSSR count). The zero-order valence-corrected chi connectivity index (χ0v) is 15.3. The van der Waals surface area contributed by atoms with Crippen LogP contribution in [-0.2, 0) is 15.8 Å². The van der Waals surface area contributed by atoms with Gasteiger partial charge in [-0.15, -0.1) is 24.0 Å². The van der Waals surface area contributed by atoms with Gasteiger partial charge in [0.1, 0.15) is 12.0 Å². The first-order valence-electron chi connectivity index (χ1n) is 6.95. The van der Waals surface area contributed by atoms with Gasteiger partial charge in [0.15, 0.2) is 5.96 Å². The molecule has 1 heterocycles. The molecule has 126 valence electrons. The third-order valence-electron chi connectivity index (χ3n) is 3.33. The molecule has 0 aromatic carbocycles. The van der Waals surface area contributed by atoms with Gasteiger partial charge in [0.05, 0.1) is 5.69 Å². The predicted octanol–water partition coefficient (Wildman–Crippen LogP) is 0.416. The van der Waals surface area contributed by atoms with Crippen molar-refractivity contribution in [1.29, 1.82) is 0 Å². The second-order valence-corrected chi connectivity index (χ2v) is 6.90. The summed E-state index contributed by atoms with van der Waals surface area (Å²) >= 11 is 0. The number of nitrogens with one attached hydrogen (secondary N) is 2. The smallest absolute Gasteiger partial charge is 0.217 e. The highest BCUT2D eigenvalue weighted by Crippen LogP contribution is 2.26. The number of aromatic nitrogens is 1. The van der Waals surface area contributed by atoms with E-state index in [0.717, 1.165) is 6.54 Å². The van der Waals surface area contributed by atoms with Crippen molar-refractivity contribution in [2.75, 3.05) is 19.6 Å². The van der Waals surface area contributed by atoms with E-state index >= 15 is 0 Å². The van der Waals surface area contributed by atoms with Crippen LogP contribution in [0, 0.1) is 5.92 Å². The maximum absolute atomic E-state index is 11.7. The Kier molecular flexibility index (Phi) is 8.10. The van der Waals surface area contributed by atoms with Crippen LogP contribution in [0.4, 0.5) is 0 Å². The van der Waals surface area contributed by atoms with E-state index in [-0.39, 0.29) is 36.3 Å². The summed E-state index contributed by atoms with van der Waals surface area (Å²) in [6.07, 6.45) is 5.06. The Morgan fingerprint density at radius 3 is 2.82 bits per heavy atom. The molecule has 1 saturated carbocycles. The molecular formula is C12H22IN5O3S. The minimum atomic E-state index is -3.42. The SMILES string of the molecule is I.NC(=NCC1CCC1)NCCNS(=O)(=O)Cc1ccon1. The summed E-state index contributed by atoms with van der Waals surface area (Å²) in [5.41, 5.74) is 6.07. The molecular weight excluding hydrogens is 421 g/mol. The van der Waals surface area contributed by atoms with Crippen LogP contribution in [0.15, 0.2) is 21.8 Å². The lowest BCUT2D eigenvalue weighted by Gasteiger charge is -2.23. The van der Waals surface area contributed by atoms with Crippen LogP contribution < -0.4 is 15.8 Å². The van der Waals surface area contributed by atoms with Gasteiger partial charge in [-0.05, 0) is 18.8 Å². The number of aliphatic imine (C=N–C) groups is 1. The van der Waals surface area contributed by atoms with Gasteiger partial charge in [0.2, 0.25) is 10.0 Å². The maximum atomic E-state index is 11.7. The fraction of sp³-hybridized carbons (Fsp3) is 0.667. The highest BCUT2D eigenvalue weighted by atomic mass is 127. The molecule has 0 aliphatic heterocycles. The second-order valence-electron chi connectivity index (χ2n) is 5.09. The van der Waals surface area contributed by atoms with Crippen molar-refractivity contribution in [1.82, 2.24) is 15.2 Å². The van der Waals surface area contributed by atoms with Crippen molar-refractivity contribution in [3.05, 3.63) is 18.0 Å². The molecule has 1 fully saturated rings. The van der Waals surface area contributed by atoms with Gasteiger partial charge in [-0.25, -0.2) is 13.1 Å². The number of guanidine groups is 1. The summed E-state index contributed by atoms with van der Waals surface area (Å²) in [5, 5.41) is 6.45. The Morgan fingerprint density at radius 1 is 1.45 bits per heavy atom. The van der Waals surface area contributed by atoms with Crippen LogP contribution in [0.2, 0.25) is 0 Å². The average Bonchev–Trinajstić information content (AvgIpc) is 2.85. The van der Waals surface area contributed by atoms with E-state index in [1.54, 1.807) is 0 Å². The summed E-state index contributed by atoms with van der Waals surface area (Å²) in [5.74, 6) is 0.818. The third kappa shape index (κ3) is 6.92. The molecule has 0 saturated heterocycles. The number of hydrogen-bond donors (Lipinski definition) is 3. The zero-order chi connectivity index (χ0) is 15.1. The minimum absolute atomic E-state index is 0. The van der Waals surface area contributed by atoms with Gasteiger partial charge in [-0.3, -0.25) is 4.99 Å². The molecule has 10 heteroatoms. The molecule has 0 radical (unpaired) electrons. The molecule has 1 aromatic rings. The van der Waals surface area contributed by atoms with E-state index < -0.39 is 10.0 Å². The molecule has 0 amide bonds. The average molecular weight is 443 g/mol. The molecule has 4 N–H and O–H groups in total. The van der Waals surface area contributed by atoms with Crippen molar-refractivity contribution in [3.8, 4) is 0 Å². The molecule has 0 atom stereocenters. The van der Waals surface area contributed by atoms with Crippen LogP contribution in [0.5, 0.6) is 0 Å². The fourth-order valence-corrected chi connectivity index (χ4v) is 2.97. The third-order valence-corrected chi connectivity index (χ3v) is 4.65. The van der Waals surface area contributed by atoms with E-state index in [0.29, 0.717) is 24.1 Å². The van der Waals surface area contributed by atoms with Crippen LogP contribution in [0.1, 0.15) is 25.0 Å². The van der Waals surface area contributed by atoms with Gasteiger partial charge >= 0.3 is 0 Å². The molecule has 1 aliphatic rings. The molecule has 0 bridgehead atoms. The molecule has 8 nitrogen and oxygen atoms in total. The summed E-state index contributed by atoms with van der Waals surface area (Å²) in [4.78, 5) is 4.22. The Bertz CT molecular complexity index is 557. The summed E-state index contributed by atoms with van der Waals surface area (Å²) in [7, 11) is -3.42. The number of halogens is 1. The van der Waals surface area contributed by atoms with E-state index in [1.165, 1.54) is 31.6 Å². The lowest BCUT2D eigenvalue weighted by molar-refractivity contribution is 0.326. The lowest BCUT2D eigenvalue weighted by Crippen LogP contribution is -2.39. The number of nitrogens with zero attached hydrogens (tertiary/aromatic N) is 2. The highest BCUT2D eigenvalue weighted by Gasteiger charge is 2.16. The molecule has 0 spiro atoms. The van der Waals surface area contributed by atoms with Crippen LogP contribution in [0.25, 0.3) is 0 Å². The van der Waals surface area contributed by atoms with E-state index in [4.69, 9.17) is 5.73 Å². The van der Waals surface area contributed by atoms with Gasteiger partial charge in [0, 0.05) is 25.7 Å². The lowest BCUT2D eigenvalue weighted by atomic mass is 9.86. The highest BCUT2D eigenvalue weighted by molar-refractivity contribution is 14.0. The molecule has 1 aromatic heterocycles. The largest absolute Gasteiger partial charge is 0.370 e. The van der Waals surface area contributed by atoms with Crippen molar-refractivity contribution in [2.24, 2.45) is 16.6 Å². The number of hydrogen-bond acceptors (Lipinski definition) is 5. The maximum Gasteiger partial charge on any atom is 0.217 e. The first kappa shape index (κ1) is 19.2.